The van der Waals surface area contributed by atoms with Gasteiger partial charge in [-0.25, -0.2) is 0 Å². The van der Waals surface area contributed by atoms with Crippen molar-refractivity contribution in [3.63, 3.8) is 0 Å². The van der Waals surface area contributed by atoms with Crippen LogP contribution in [0.3, 0.4) is 0 Å². The Hall–Kier alpha value is -1.40. The van der Waals surface area contributed by atoms with Crippen LogP contribution in [0.25, 0.3) is 0 Å². The third-order valence-corrected chi connectivity index (χ3v) is 6.41. The lowest BCUT2D eigenvalue weighted by atomic mass is 9.74. The Labute approximate surface area is 170 Å². The second kappa shape index (κ2) is 9.20. The first-order chi connectivity index (χ1) is 13.1. The van der Waals surface area contributed by atoms with Crippen LogP contribution in [0.4, 0.5) is 0 Å². The van der Waals surface area contributed by atoms with E-state index in [1.165, 1.54) is 5.56 Å². The van der Waals surface area contributed by atoms with Crippen molar-refractivity contribution in [2.24, 2.45) is 0 Å². The molecule has 2 fully saturated rings. The van der Waals surface area contributed by atoms with E-state index in [0.717, 1.165) is 36.6 Å². The van der Waals surface area contributed by atoms with Crippen LogP contribution >= 0.6 is 15.9 Å². The SMILES string of the molecule is CCC(=O)N1CCCCC1C(=O)NCC1(c2cccc(Br)c2)CCOCC1. The highest BCUT2D eigenvalue weighted by atomic mass is 79.9. The molecule has 2 aliphatic heterocycles. The van der Waals surface area contributed by atoms with Crippen LogP contribution in [0.15, 0.2) is 28.7 Å². The van der Waals surface area contributed by atoms with Gasteiger partial charge < -0.3 is 15.0 Å². The highest BCUT2D eigenvalue weighted by Crippen LogP contribution is 2.35. The maximum Gasteiger partial charge on any atom is 0.242 e. The zero-order chi connectivity index (χ0) is 19.3. The van der Waals surface area contributed by atoms with Gasteiger partial charge in [0, 0.05) is 42.6 Å². The van der Waals surface area contributed by atoms with Crippen LogP contribution in [-0.2, 0) is 19.7 Å². The molecule has 2 heterocycles. The lowest BCUT2D eigenvalue weighted by Crippen LogP contribution is -2.54. The van der Waals surface area contributed by atoms with Gasteiger partial charge in [-0.3, -0.25) is 9.59 Å². The molecule has 148 valence electrons. The molecule has 3 rings (SSSR count). The van der Waals surface area contributed by atoms with Crippen LogP contribution in [0, 0.1) is 0 Å². The van der Waals surface area contributed by atoms with Gasteiger partial charge in [-0.2, -0.15) is 0 Å². The summed E-state index contributed by atoms with van der Waals surface area (Å²) >= 11 is 3.56. The fourth-order valence-electron chi connectivity index (χ4n) is 4.23. The van der Waals surface area contributed by atoms with E-state index in [4.69, 9.17) is 4.74 Å². The number of carbonyl (C=O) groups excluding carboxylic acids is 2. The predicted octanol–water partition coefficient (Wildman–Crippen LogP) is 3.40. The number of halogens is 1. The molecule has 1 unspecified atom stereocenters. The zero-order valence-corrected chi connectivity index (χ0v) is 17.6. The number of hydrogen-bond acceptors (Lipinski definition) is 3. The lowest BCUT2D eigenvalue weighted by Gasteiger charge is -2.39. The smallest absolute Gasteiger partial charge is 0.242 e. The van der Waals surface area contributed by atoms with Gasteiger partial charge in [-0.15, -0.1) is 0 Å². The lowest BCUT2D eigenvalue weighted by molar-refractivity contribution is -0.142. The van der Waals surface area contributed by atoms with E-state index in [0.29, 0.717) is 32.7 Å². The number of piperidine rings is 1. The Balaban J connectivity index is 1.73. The molecule has 0 aromatic heterocycles. The van der Waals surface area contributed by atoms with Crippen LogP contribution in [-0.4, -0.2) is 49.1 Å². The highest BCUT2D eigenvalue weighted by Gasteiger charge is 2.37. The minimum Gasteiger partial charge on any atom is -0.381 e. The number of likely N-dealkylation sites (tertiary alicyclic amines) is 1. The van der Waals surface area contributed by atoms with Gasteiger partial charge in [-0.1, -0.05) is 35.0 Å². The van der Waals surface area contributed by atoms with Crippen molar-refractivity contribution in [2.45, 2.75) is 56.9 Å². The average Bonchev–Trinajstić information content (AvgIpc) is 2.72. The minimum absolute atomic E-state index is 0.0163. The molecule has 0 aliphatic carbocycles. The van der Waals surface area contributed by atoms with Gasteiger partial charge in [-0.05, 0) is 49.8 Å². The van der Waals surface area contributed by atoms with Gasteiger partial charge in [0.05, 0.1) is 0 Å². The van der Waals surface area contributed by atoms with Gasteiger partial charge in [0.15, 0.2) is 0 Å². The van der Waals surface area contributed by atoms with E-state index in [1.807, 2.05) is 19.1 Å². The maximum absolute atomic E-state index is 13.0. The van der Waals surface area contributed by atoms with Crippen LogP contribution < -0.4 is 5.32 Å². The summed E-state index contributed by atoms with van der Waals surface area (Å²) in [6.45, 7) is 4.53. The Morgan fingerprint density at radius 3 is 2.78 bits per heavy atom. The molecule has 5 nitrogen and oxygen atoms in total. The van der Waals surface area contributed by atoms with Gasteiger partial charge in [0.1, 0.15) is 6.04 Å². The van der Waals surface area contributed by atoms with Crippen molar-refractivity contribution < 1.29 is 14.3 Å². The van der Waals surface area contributed by atoms with E-state index in [2.05, 4.69) is 33.4 Å². The van der Waals surface area contributed by atoms with Crippen LogP contribution in [0.2, 0.25) is 0 Å². The van der Waals surface area contributed by atoms with Crippen LogP contribution in [0.1, 0.15) is 51.0 Å². The molecule has 1 aromatic carbocycles. The summed E-state index contributed by atoms with van der Waals surface area (Å²) in [5, 5.41) is 3.19. The fourth-order valence-corrected chi connectivity index (χ4v) is 4.63. The van der Waals surface area contributed by atoms with Gasteiger partial charge >= 0.3 is 0 Å². The van der Waals surface area contributed by atoms with Crippen molar-refractivity contribution in [3.8, 4) is 0 Å². The molecule has 27 heavy (non-hydrogen) atoms. The Kier molecular flexibility index (Phi) is 6.93. The number of benzene rings is 1. The second-order valence-electron chi connectivity index (χ2n) is 7.57. The van der Waals surface area contributed by atoms with Gasteiger partial charge in [0.2, 0.25) is 11.8 Å². The van der Waals surface area contributed by atoms with Crippen molar-refractivity contribution >= 4 is 27.7 Å². The van der Waals surface area contributed by atoms with E-state index >= 15 is 0 Å². The number of carbonyl (C=O) groups is 2. The largest absolute Gasteiger partial charge is 0.381 e. The second-order valence-corrected chi connectivity index (χ2v) is 8.49. The minimum atomic E-state index is -0.328. The summed E-state index contributed by atoms with van der Waals surface area (Å²) in [6, 6.07) is 8.01. The maximum atomic E-state index is 13.0. The summed E-state index contributed by atoms with van der Waals surface area (Å²) in [5.41, 5.74) is 1.11. The third-order valence-electron chi connectivity index (χ3n) is 5.92. The molecule has 0 radical (unpaired) electrons. The quantitative estimate of drug-likeness (QED) is 0.768. The molecule has 2 amide bonds. The number of hydrogen-bond donors (Lipinski definition) is 1. The van der Waals surface area contributed by atoms with Crippen LogP contribution in [0.5, 0.6) is 0 Å². The first-order valence-corrected chi connectivity index (χ1v) is 10.8. The molecule has 1 atom stereocenters. The molecule has 1 N–H and O–H groups in total. The van der Waals surface area contributed by atoms with Crippen molar-refractivity contribution in [2.75, 3.05) is 26.3 Å². The van der Waals surface area contributed by atoms with E-state index < -0.39 is 0 Å². The molecular formula is C21H29BrN2O3. The molecule has 2 aliphatic rings. The molecule has 0 spiro atoms. The number of amides is 2. The molecule has 1 aromatic rings. The number of ether oxygens (including phenoxy) is 1. The van der Waals surface area contributed by atoms with Crippen molar-refractivity contribution in [1.82, 2.24) is 10.2 Å². The summed E-state index contributed by atoms with van der Waals surface area (Å²) in [7, 11) is 0. The standard InChI is InChI=1S/C21H29BrN2O3/c1-2-19(25)24-11-4-3-8-18(24)20(26)23-15-21(9-12-27-13-10-21)16-6-5-7-17(22)14-16/h5-7,14,18H,2-4,8-13,15H2,1H3,(H,23,26). The number of rotatable bonds is 5. The summed E-state index contributed by atoms with van der Waals surface area (Å²) in [4.78, 5) is 27.0. The van der Waals surface area contributed by atoms with E-state index in [1.54, 1.807) is 4.90 Å². The summed E-state index contributed by atoms with van der Waals surface area (Å²) < 4.78 is 6.63. The Bertz CT molecular complexity index is 673. The molecular weight excluding hydrogens is 408 g/mol. The first-order valence-electron chi connectivity index (χ1n) is 9.97. The van der Waals surface area contributed by atoms with Gasteiger partial charge in [0.25, 0.3) is 0 Å². The third kappa shape index (κ3) is 4.72. The highest BCUT2D eigenvalue weighted by molar-refractivity contribution is 9.10. The average molecular weight is 437 g/mol. The molecule has 2 saturated heterocycles. The first kappa shape index (κ1) is 20.3. The predicted molar refractivity (Wildman–Crippen MR) is 109 cm³/mol. The number of nitrogens with one attached hydrogen (secondary N) is 1. The Morgan fingerprint density at radius 2 is 2.07 bits per heavy atom. The monoisotopic (exact) mass is 436 g/mol. The summed E-state index contributed by atoms with van der Waals surface area (Å²) in [5.74, 6) is 0.0555. The molecule has 6 heteroatoms. The molecule has 0 bridgehead atoms. The zero-order valence-electron chi connectivity index (χ0n) is 16.0. The van der Waals surface area contributed by atoms with Crippen molar-refractivity contribution in [1.29, 1.82) is 0 Å². The van der Waals surface area contributed by atoms with E-state index in [-0.39, 0.29) is 23.3 Å². The normalized spacial score (nSPS) is 22.3. The van der Waals surface area contributed by atoms with E-state index in [9.17, 15) is 9.59 Å². The fraction of sp³-hybridized carbons (Fsp3) is 0.619. The summed E-state index contributed by atoms with van der Waals surface area (Å²) in [6.07, 6.45) is 4.94. The Morgan fingerprint density at radius 1 is 1.30 bits per heavy atom. The van der Waals surface area contributed by atoms with Crippen molar-refractivity contribution in [3.05, 3.63) is 34.3 Å². The topological polar surface area (TPSA) is 58.6 Å². The molecule has 0 saturated carbocycles. The number of nitrogens with zero attached hydrogens (tertiary/aromatic N) is 1.